The summed E-state index contributed by atoms with van der Waals surface area (Å²) in [4.78, 5) is 22.4. The van der Waals surface area contributed by atoms with Gasteiger partial charge in [0.15, 0.2) is 11.6 Å². The van der Waals surface area contributed by atoms with E-state index in [1.807, 2.05) is 0 Å². The zero-order valence-electron chi connectivity index (χ0n) is 6.60. The quantitative estimate of drug-likeness (QED) is 0.618. The van der Waals surface area contributed by atoms with Crippen LogP contribution < -0.4 is 0 Å². The molecule has 1 aromatic rings. The first-order chi connectivity index (χ1) is 5.79. The van der Waals surface area contributed by atoms with Crippen LogP contribution in [0.15, 0.2) is 36.4 Å². The maximum absolute atomic E-state index is 11.2. The molecule has 0 atom stereocenters. The predicted octanol–water partition coefficient (Wildman–Crippen LogP) is 1.62. The smallest absolute Gasteiger partial charge is 0.186 e. The molecule has 1 aliphatic rings. The second-order valence-corrected chi connectivity index (χ2v) is 2.61. The fraction of sp³-hybridized carbons (Fsp3) is 0. The van der Waals surface area contributed by atoms with Crippen LogP contribution >= 0.6 is 0 Å². The van der Waals surface area contributed by atoms with E-state index in [9.17, 15) is 9.59 Å². The number of benzene rings is 1. The summed E-state index contributed by atoms with van der Waals surface area (Å²) in [6, 6.07) is 6.84. The monoisotopic (exact) mass is 216 g/mol. The normalized spacial score (nSPS) is 13.5. The second kappa shape index (κ2) is 3.67. The van der Waals surface area contributed by atoms with Crippen molar-refractivity contribution in [2.45, 2.75) is 0 Å². The Morgan fingerprint density at radius 2 is 1.15 bits per heavy atom. The molecule has 68 valence electrons. The maximum atomic E-state index is 11.2. The summed E-state index contributed by atoms with van der Waals surface area (Å²) in [7, 11) is 0. The van der Waals surface area contributed by atoms with Crippen LogP contribution in [0.4, 0.5) is 0 Å². The molecule has 1 aromatic carbocycles. The van der Waals surface area contributed by atoms with Gasteiger partial charge in [-0.15, -0.1) is 0 Å². The fourth-order valence-corrected chi connectivity index (χ4v) is 1.24. The minimum absolute atomic E-state index is 0. The molecule has 0 unspecified atom stereocenters. The summed E-state index contributed by atoms with van der Waals surface area (Å²) in [5.41, 5.74) is 1.01. The molecule has 3 heteroatoms. The molecule has 0 spiro atoms. The molecule has 2 nitrogen and oxygen atoms in total. The molecule has 0 saturated carbocycles. The van der Waals surface area contributed by atoms with Crippen molar-refractivity contribution >= 4 is 11.6 Å². The average molecular weight is 217 g/mol. The Labute approximate surface area is 85.6 Å². The first-order valence-corrected chi connectivity index (χ1v) is 3.65. The summed E-state index contributed by atoms with van der Waals surface area (Å²) in [5, 5.41) is 0. The number of hydrogen-bond acceptors (Lipinski definition) is 2. The Morgan fingerprint density at radius 1 is 0.769 bits per heavy atom. The van der Waals surface area contributed by atoms with Crippen molar-refractivity contribution in [2.24, 2.45) is 0 Å². The Morgan fingerprint density at radius 3 is 1.54 bits per heavy atom. The Balaban J connectivity index is 0.000000845. The number of rotatable bonds is 0. The largest absolute Gasteiger partial charge is 0.289 e. The average Bonchev–Trinajstić information content (AvgIpc) is 2.12. The SMILES string of the molecule is O=C1C=CC(=O)c2ccccc21.[Ni]. The van der Waals surface area contributed by atoms with Gasteiger partial charge in [0.25, 0.3) is 0 Å². The van der Waals surface area contributed by atoms with E-state index in [1.54, 1.807) is 24.3 Å². The van der Waals surface area contributed by atoms with Gasteiger partial charge in [-0.05, 0) is 12.2 Å². The van der Waals surface area contributed by atoms with E-state index in [4.69, 9.17) is 0 Å². The molecular formula is C10H6NiO2. The van der Waals surface area contributed by atoms with Gasteiger partial charge in [-0.25, -0.2) is 0 Å². The van der Waals surface area contributed by atoms with E-state index in [-0.39, 0.29) is 28.1 Å². The van der Waals surface area contributed by atoms with Gasteiger partial charge in [0, 0.05) is 27.6 Å². The van der Waals surface area contributed by atoms with Gasteiger partial charge in [0.2, 0.25) is 0 Å². The van der Waals surface area contributed by atoms with Crippen molar-refractivity contribution < 1.29 is 26.1 Å². The molecule has 13 heavy (non-hydrogen) atoms. The number of allylic oxidation sites excluding steroid dienone is 2. The van der Waals surface area contributed by atoms with E-state index >= 15 is 0 Å². The standard InChI is InChI=1S/C10H6O2.Ni/c11-9-5-6-10(12)8-4-2-1-3-7(8)9;/h1-6H;. The third-order valence-corrected chi connectivity index (χ3v) is 1.84. The summed E-state index contributed by atoms with van der Waals surface area (Å²) in [6.07, 6.45) is 2.62. The first-order valence-electron chi connectivity index (χ1n) is 3.65. The molecule has 2 rings (SSSR count). The third kappa shape index (κ3) is 1.61. The van der Waals surface area contributed by atoms with Crippen molar-refractivity contribution in [1.29, 1.82) is 0 Å². The van der Waals surface area contributed by atoms with Crippen molar-refractivity contribution in [3.63, 3.8) is 0 Å². The van der Waals surface area contributed by atoms with E-state index in [1.165, 1.54) is 12.2 Å². The van der Waals surface area contributed by atoms with Gasteiger partial charge >= 0.3 is 0 Å². The Kier molecular flexibility index (Phi) is 2.79. The van der Waals surface area contributed by atoms with Crippen molar-refractivity contribution in [3.8, 4) is 0 Å². The van der Waals surface area contributed by atoms with Crippen molar-refractivity contribution in [1.82, 2.24) is 0 Å². The molecule has 0 aliphatic heterocycles. The minimum atomic E-state index is -0.0924. The number of fused-ring (bicyclic) bond motifs is 1. The van der Waals surface area contributed by atoms with Gasteiger partial charge in [-0.3, -0.25) is 9.59 Å². The fourth-order valence-electron chi connectivity index (χ4n) is 1.24. The number of hydrogen-bond donors (Lipinski definition) is 0. The molecule has 0 radical (unpaired) electrons. The second-order valence-electron chi connectivity index (χ2n) is 2.61. The maximum Gasteiger partial charge on any atom is 0.186 e. The minimum Gasteiger partial charge on any atom is -0.289 e. The number of carbonyl (C=O) groups excluding carboxylic acids is 2. The van der Waals surface area contributed by atoms with E-state index in [2.05, 4.69) is 0 Å². The van der Waals surface area contributed by atoms with Gasteiger partial charge in [0.05, 0.1) is 0 Å². The molecule has 0 heterocycles. The van der Waals surface area contributed by atoms with Crippen molar-refractivity contribution in [3.05, 3.63) is 47.5 Å². The summed E-state index contributed by atoms with van der Waals surface area (Å²) >= 11 is 0. The molecule has 0 N–H and O–H groups in total. The third-order valence-electron chi connectivity index (χ3n) is 1.84. The van der Waals surface area contributed by atoms with Crippen LogP contribution in [-0.4, -0.2) is 11.6 Å². The Hall–Kier alpha value is -1.21. The molecule has 0 bridgehead atoms. The Bertz CT molecular complexity index is 357. The van der Waals surface area contributed by atoms with Crippen LogP contribution in [0.1, 0.15) is 20.7 Å². The van der Waals surface area contributed by atoms with Gasteiger partial charge < -0.3 is 0 Å². The summed E-state index contributed by atoms with van der Waals surface area (Å²) in [6.45, 7) is 0. The molecular weight excluding hydrogens is 211 g/mol. The predicted molar refractivity (Wildman–Crippen MR) is 44.2 cm³/mol. The molecule has 0 fully saturated rings. The van der Waals surface area contributed by atoms with Gasteiger partial charge in [-0.2, -0.15) is 0 Å². The topological polar surface area (TPSA) is 34.1 Å². The van der Waals surface area contributed by atoms with Crippen molar-refractivity contribution in [2.75, 3.05) is 0 Å². The summed E-state index contributed by atoms with van der Waals surface area (Å²) in [5.74, 6) is -0.185. The molecule has 1 aliphatic carbocycles. The van der Waals surface area contributed by atoms with E-state index in [0.717, 1.165) is 0 Å². The van der Waals surface area contributed by atoms with Crippen LogP contribution in [0, 0.1) is 0 Å². The molecule has 0 aromatic heterocycles. The first kappa shape index (κ1) is 9.88. The molecule has 0 amide bonds. The number of carbonyl (C=O) groups is 2. The van der Waals surface area contributed by atoms with Crippen LogP contribution in [-0.2, 0) is 16.5 Å². The zero-order valence-corrected chi connectivity index (χ0v) is 7.58. The van der Waals surface area contributed by atoms with Gasteiger partial charge in [0.1, 0.15) is 0 Å². The number of ketones is 2. The van der Waals surface area contributed by atoms with Crippen LogP contribution in [0.5, 0.6) is 0 Å². The van der Waals surface area contributed by atoms with Crippen LogP contribution in [0.3, 0.4) is 0 Å². The summed E-state index contributed by atoms with van der Waals surface area (Å²) < 4.78 is 0. The zero-order chi connectivity index (χ0) is 8.55. The van der Waals surface area contributed by atoms with Crippen LogP contribution in [0.2, 0.25) is 0 Å². The van der Waals surface area contributed by atoms with E-state index in [0.29, 0.717) is 11.1 Å². The van der Waals surface area contributed by atoms with E-state index < -0.39 is 0 Å². The van der Waals surface area contributed by atoms with Gasteiger partial charge in [-0.1, -0.05) is 24.3 Å². The van der Waals surface area contributed by atoms with Crippen LogP contribution in [0.25, 0.3) is 0 Å². The molecule has 0 saturated heterocycles.